The van der Waals surface area contributed by atoms with Crippen molar-refractivity contribution in [3.63, 3.8) is 0 Å². The first-order valence-electron chi connectivity index (χ1n) is 54.4. The number of esters is 8. The summed E-state index contributed by atoms with van der Waals surface area (Å²) in [4.78, 5) is 143. The minimum absolute atomic E-state index is 0. The normalized spacial score (nSPS) is 18.9. The van der Waals surface area contributed by atoms with Crippen molar-refractivity contribution >= 4 is 73.4 Å². The standard InChI is InChI=1S/C30H55NO5.C29H49NO5.C26H47NO5.C25H45NO5.4CH4/c1-5-7-9-11-12-13-14-15-16-17-19-25(35-30(34)27(31-23-32)21-24(3)4)22-28-26(29(33)36-28)20-18-10-8-6-2;1-5-7-9-11-12-13-14-15-16-18-24(34-29(33)26(30-22-31)20-23(3)4)21-27-25(28(32)35-27)19-17-10-8-6-2;1-5-7-9-11-12-13-15-21(31-26(30)23(27-19-28)17-20(3)4)18-24-22(25(29)32-24)16-14-10-8-6-2;1-5-7-9-11-12-14-20(30-25(29)22(26-18-27)16-19(3)4)17-23-21(24(28)31-23)15-13-10-8-6-2;;;;/h23-28H,5-22H2,1-4H3,(H,31,32);12-13,15-16,22-27H,5-11,14,17-21H2,1-4H3,(H,30,31);19-24H,5-18H2,1-4H3,(H,27,28);18-23H,5-17H2,1-4H3,(H,26,27);4*1H4/b;13-12-,16-15-;;;;;;/t25-,26-,27-,28-;24-,25-,26-,27-;21-,22-,23-,24-;20-,21-,22-,23-;;;;/m0000..../s1. The Morgan fingerprint density at radius 3 is 0.703 bits per heavy atom. The average Bonchev–Trinajstić information content (AvgIpc) is 0.823. The third kappa shape index (κ3) is 66.1. The van der Waals surface area contributed by atoms with E-state index in [2.05, 4.69) is 94.9 Å². The number of hydrogen-bond acceptors (Lipinski definition) is 20. The molecule has 0 saturated carbocycles. The summed E-state index contributed by atoms with van der Waals surface area (Å²) in [6.45, 7) is 33.6. The zero-order valence-electron chi connectivity index (χ0n) is 87.3. The lowest BCUT2D eigenvalue weighted by Gasteiger charge is -2.37. The van der Waals surface area contributed by atoms with Crippen LogP contribution in [0.15, 0.2) is 24.3 Å². The van der Waals surface area contributed by atoms with Gasteiger partial charge in [-0.2, -0.15) is 0 Å². The minimum atomic E-state index is -0.668. The van der Waals surface area contributed by atoms with Crippen molar-refractivity contribution in [3.05, 3.63) is 24.3 Å². The first-order valence-corrected chi connectivity index (χ1v) is 54.4. The Morgan fingerprint density at radius 1 is 0.275 bits per heavy atom. The van der Waals surface area contributed by atoms with Gasteiger partial charge in [0, 0.05) is 32.1 Å². The van der Waals surface area contributed by atoms with Crippen LogP contribution in [0.25, 0.3) is 0 Å². The molecule has 4 saturated heterocycles. The molecule has 4 aliphatic rings. The molecule has 4 heterocycles. The molecule has 4 N–H and O–H groups in total. The van der Waals surface area contributed by atoms with Crippen LogP contribution in [0.1, 0.15) is 513 Å². The van der Waals surface area contributed by atoms with E-state index >= 15 is 0 Å². The van der Waals surface area contributed by atoms with Gasteiger partial charge in [0.25, 0.3) is 0 Å². The molecule has 0 aromatic rings. The van der Waals surface area contributed by atoms with E-state index in [-0.39, 0.29) is 162 Å². The first-order chi connectivity index (χ1) is 64.7. The maximum Gasteiger partial charge on any atom is 0.328 e. The Bertz CT molecular complexity index is 3110. The highest BCUT2D eigenvalue weighted by Crippen LogP contribution is 2.38. The van der Waals surface area contributed by atoms with Crippen LogP contribution in [-0.2, 0) is 95.4 Å². The second kappa shape index (κ2) is 90.2. The molecule has 16 atom stereocenters. The Kier molecular flexibility index (Phi) is 89.8. The Labute approximate surface area is 843 Å². The van der Waals surface area contributed by atoms with Gasteiger partial charge in [-0.05, 0) is 133 Å². The van der Waals surface area contributed by atoms with E-state index in [1.54, 1.807) is 0 Å². The van der Waals surface area contributed by atoms with Gasteiger partial charge >= 0.3 is 47.8 Å². The smallest absolute Gasteiger partial charge is 0.328 e. The first kappa shape index (κ1) is 137. The monoisotopic (exact) mass is 1960 g/mol. The quantitative estimate of drug-likeness (QED) is 0.0144. The van der Waals surface area contributed by atoms with Crippen molar-refractivity contribution in [1.29, 1.82) is 0 Å². The number of carbonyl (C=O) groups excluding carboxylic acids is 12. The fourth-order valence-corrected chi connectivity index (χ4v) is 18.0. The Balaban J connectivity index is -0.000000861. The molecular formula is C114H212N4O20. The van der Waals surface area contributed by atoms with Crippen molar-refractivity contribution < 1.29 is 95.4 Å². The van der Waals surface area contributed by atoms with Crippen LogP contribution in [0.4, 0.5) is 0 Å². The molecule has 4 aliphatic heterocycles. The topological polar surface area (TPSA) is 327 Å². The van der Waals surface area contributed by atoms with Crippen LogP contribution < -0.4 is 21.3 Å². The molecule has 0 radical (unpaired) electrons. The van der Waals surface area contributed by atoms with Crippen LogP contribution in [0.5, 0.6) is 0 Å². The summed E-state index contributed by atoms with van der Waals surface area (Å²) < 4.78 is 45.3. The molecule has 0 bridgehead atoms. The second-order valence-electron chi connectivity index (χ2n) is 40.4. The summed E-state index contributed by atoms with van der Waals surface area (Å²) in [6, 6.07) is -2.56. The van der Waals surface area contributed by atoms with Gasteiger partial charge in [0.1, 0.15) is 73.0 Å². The maximum absolute atomic E-state index is 12.9. The molecule has 0 unspecified atom stereocenters. The highest BCUT2D eigenvalue weighted by molar-refractivity contribution is 5.82. The summed E-state index contributed by atoms with van der Waals surface area (Å²) in [5.41, 5.74) is 0. The molecule has 0 aliphatic carbocycles. The number of amides is 4. The summed E-state index contributed by atoms with van der Waals surface area (Å²) in [6.07, 6.45) is 68.2. The van der Waals surface area contributed by atoms with Gasteiger partial charge in [0.05, 0.1) is 23.7 Å². The summed E-state index contributed by atoms with van der Waals surface area (Å²) in [5.74, 6) is -1.35. The van der Waals surface area contributed by atoms with Crippen molar-refractivity contribution in [2.24, 2.45) is 47.3 Å². The molecule has 0 spiro atoms. The lowest BCUT2D eigenvalue weighted by atomic mass is 9.86. The Hall–Kier alpha value is -6.88. The predicted molar refractivity (Wildman–Crippen MR) is 563 cm³/mol. The van der Waals surface area contributed by atoms with Crippen LogP contribution in [0, 0.1) is 47.3 Å². The maximum atomic E-state index is 12.9. The largest absolute Gasteiger partial charge is 0.461 e. The lowest BCUT2D eigenvalue weighted by Crippen LogP contribution is -2.48. The van der Waals surface area contributed by atoms with Crippen LogP contribution in [-0.4, -0.2) is 146 Å². The minimum Gasteiger partial charge on any atom is -0.461 e. The molecule has 808 valence electrons. The second-order valence-corrected chi connectivity index (χ2v) is 40.4. The molecule has 138 heavy (non-hydrogen) atoms. The molecule has 0 aromatic carbocycles. The van der Waals surface area contributed by atoms with Crippen molar-refractivity contribution in [1.82, 2.24) is 21.3 Å². The van der Waals surface area contributed by atoms with Crippen LogP contribution in [0.3, 0.4) is 0 Å². The van der Waals surface area contributed by atoms with Gasteiger partial charge < -0.3 is 59.2 Å². The average molecular weight is 1960 g/mol. The van der Waals surface area contributed by atoms with Gasteiger partial charge in [-0.25, -0.2) is 19.2 Å². The third-order valence-electron chi connectivity index (χ3n) is 26.1. The Morgan fingerprint density at radius 2 is 0.478 bits per heavy atom. The highest BCUT2D eigenvalue weighted by atomic mass is 16.6. The van der Waals surface area contributed by atoms with E-state index < -0.39 is 36.2 Å². The van der Waals surface area contributed by atoms with Gasteiger partial charge in [0.15, 0.2) is 0 Å². The molecule has 4 fully saturated rings. The number of nitrogens with one attached hydrogen (secondary N) is 4. The van der Waals surface area contributed by atoms with E-state index in [0.29, 0.717) is 83.4 Å². The molecule has 4 rings (SSSR count). The fraction of sp³-hybridized carbons (Fsp3) is 0.860. The molecular weight excluding hydrogens is 1750 g/mol. The number of carbonyl (C=O) groups is 12. The van der Waals surface area contributed by atoms with E-state index in [4.69, 9.17) is 37.9 Å². The van der Waals surface area contributed by atoms with Crippen molar-refractivity contribution in [2.45, 2.75) is 586 Å². The van der Waals surface area contributed by atoms with Gasteiger partial charge in [-0.3, -0.25) is 38.4 Å². The highest BCUT2D eigenvalue weighted by Gasteiger charge is 2.47. The van der Waals surface area contributed by atoms with E-state index in [0.717, 1.165) is 154 Å². The van der Waals surface area contributed by atoms with Crippen LogP contribution >= 0.6 is 0 Å². The van der Waals surface area contributed by atoms with Gasteiger partial charge in [-0.1, -0.05) is 396 Å². The van der Waals surface area contributed by atoms with Crippen LogP contribution in [0.2, 0.25) is 0 Å². The number of cyclic esters (lactones) is 4. The molecule has 24 heteroatoms. The summed E-state index contributed by atoms with van der Waals surface area (Å²) in [5, 5.41) is 10.4. The summed E-state index contributed by atoms with van der Waals surface area (Å²) in [7, 11) is 0. The van der Waals surface area contributed by atoms with E-state index in [9.17, 15) is 57.5 Å². The zero-order valence-corrected chi connectivity index (χ0v) is 87.3. The van der Waals surface area contributed by atoms with E-state index in [1.165, 1.54) is 161 Å². The number of rotatable bonds is 84. The summed E-state index contributed by atoms with van der Waals surface area (Å²) >= 11 is 0. The zero-order chi connectivity index (χ0) is 99.3. The van der Waals surface area contributed by atoms with Gasteiger partial charge in [0.2, 0.25) is 25.6 Å². The third-order valence-corrected chi connectivity index (χ3v) is 26.1. The number of hydrogen-bond donors (Lipinski definition) is 4. The lowest BCUT2D eigenvalue weighted by molar-refractivity contribution is -0.191. The molecule has 4 amide bonds. The molecule has 0 aromatic heterocycles. The molecule has 24 nitrogen and oxygen atoms in total. The number of unbranched alkanes of at least 4 members (excludes halogenated alkanes) is 33. The number of ether oxygens (including phenoxy) is 8. The SMILES string of the molecule is C.C.C.C.CCCCC/C=C\C/C=C\C[C@@H](C[C@@H]1OC(=O)[C@H]1CCCCCC)OC(=O)[C@H](CC(C)C)NC=O.CCCCCCCCCCCC[C@@H](C[C@@H]1OC(=O)[C@H]1CCCCCC)OC(=O)[C@H](CC(C)C)NC=O.CCCCCCCC[C@@H](C[C@@H]1OC(=O)[C@H]1CCCCCC)OC(=O)[C@H](CC(C)C)NC=O.CCCCCCC[C@@H](C[C@@H]1OC(=O)[C@H]1CCCCCC)OC(=O)[C@H](CC(C)C)NC=O. The number of allylic oxidation sites excluding steroid dienone is 3. The van der Waals surface area contributed by atoms with Gasteiger partial charge in [-0.15, -0.1) is 0 Å². The van der Waals surface area contributed by atoms with E-state index in [1.807, 2.05) is 61.5 Å². The van der Waals surface area contributed by atoms with Crippen molar-refractivity contribution in [2.75, 3.05) is 0 Å². The predicted octanol–water partition coefficient (Wildman–Crippen LogP) is 27.3. The fourth-order valence-electron chi connectivity index (χ4n) is 18.0. The van der Waals surface area contributed by atoms with Crippen molar-refractivity contribution in [3.8, 4) is 0 Å².